The van der Waals surface area contributed by atoms with Gasteiger partial charge in [-0.25, -0.2) is 4.98 Å². The molecule has 1 unspecified atom stereocenters. The molecule has 0 bridgehead atoms. The summed E-state index contributed by atoms with van der Waals surface area (Å²) in [5.41, 5.74) is 0. The Morgan fingerprint density at radius 1 is 1.50 bits per heavy atom. The zero-order chi connectivity index (χ0) is 16.1. The number of aromatic amines is 1. The molecule has 0 aliphatic carbocycles. The van der Waals surface area contributed by atoms with Gasteiger partial charge in [0, 0.05) is 43.4 Å². The van der Waals surface area contributed by atoms with Crippen LogP contribution in [0.4, 0.5) is 0 Å². The Balaban J connectivity index is 0.00000208. The molecule has 0 amide bonds. The highest BCUT2D eigenvalue weighted by molar-refractivity contribution is 14.0. The number of guanidine groups is 1. The van der Waals surface area contributed by atoms with Crippen molar-refractivity contribution in [2.75, 3.05) is 26.7 Å². The van der Waals surface area contributed by atoms with E-state index in [2.05, 4.69) is 54.8 Å². The van der Waals surface area contributed by atoms with E-state index in [1.165, 1.54) is 4.88 Å². The predicted molar refractivity (Wildman–Crippen MR) is 109 cm³/mol. The third kappa shape index (κ3) is 4.69. The van der Waals surface area contributed by atoms with Gasteiger partial charge in [0.25, 0.3) is 0 Å². The fourth-order valence-corrected chi connectivity index (χ4v) is 3.81. The molecule has 2 N–H and O–H groups in total. The van der Waals surface area contributed by atoms with Crippen molar-refractivity contribution in [3.63, 3.8) is 0 Å². The lowest BCUT2D eigenvalue weighted by Crippen LogP contribution is -2.46. The van der Waals surface area contributed by atoms with Gasteiger partial charge in [0.05, 0.1) is 0 Å². The van der Waals surface area contributed by atoms with E-state index in [9.17, 15) is 0 Å². The number of hydrogen-bond acceptors (Lipinski definition) is 4. The molecular formula is C16H25IN6S. The van der Waals surface area contributed by atoms with Crippen LogP contribution in [0.5, 0.6) is 0 Å². The van der Waals surface area contributed by atoms with Gasteiger partial charge in [-0.2, -0.15) is 5.10 Å². The van der Waals surface area contributed by atoms with Crippen LogP contribution in [0.1, 0.15) is 42.3 Å². The summed E-state index contributed by atoms with van der Waals surface area (Å²) in [7, 11) is 1.86. The molecule has 2 aromatic rings. The predicted octanol–water partition coefficient (Wildman–Crippen LogP) is 3.04. The molecule has 0 saturated carbocycles. The summed E-state index contributed by atoms with van der Waals surface area (Å²) >= 11 is 1.81. The van der Waals surface area contributed by atoms with Crippen LogP contribution in [0.25, 0.3) is 0 Å². The molecule has 1 aliphatic heterocycles. The van der Waals surface area contributed by atoms with E-state index in [0.717, 1.165) is 44.3 Å². The summed E-state index contributed by atoms with van der Waals surface area (Å²) < 4.78 is 0. The van der Waals surface area contributed by atoms with Crippen molar-refractivity contribution < 1.29 is 0 Å². The van der Waals surface area contributed by atoms with E-state index >= 15 is 0 Å². The van der Waals surface area contributed by atoms with E-state index in [4.69, 9.17) is 0 Å². The molecule has 0 spiro atoms. The number of aliphatic imine (C=N–C) groups is 1. The quantitative estimate of drug-likeness (QED) is 0.418. The zero-order valence-electron chi connectivity index (χ0n) is 14.1. The monoisotopic (exact) mass is 460 g/mol. The highest BCUT2D eigenvalue weighted by atomic mass is 127. The first-order valence-electron chi connectivity index (χ1n) is 8.12. The number of aromatic nitrogens is 3. The fourth-order valence-electron chi connectivity index (χ4n) is 3.03. The second-order valence-electron chi connectivity index (χ2n) is 5.98. The average Bonchev–Trinajstić information content (AvgIpc) is 3.29. The summed E-state index contributed by atoms with van der Waals surface area (Å²) in [6, 6.07) is 4.31. The summed E-state index contributed by atoms with van der Waals surface area (Å²) in [6.07, 6.45) is 3.75. The first-order valence-corrected chi connectivity index (χ1v) is 9.00. The Hall–Kier alpha value is -1.16. The molecular weight excluding hydrogens is 435 g/mol. The number of piperidine rings is 1. The van der Waals surface area contributed by atoms with Gasteiger partial charge >= 0.3 is 0 Å². The maximum atomic E-state index is 4.45. The van der Waals surface area contributed by atoms with Gasteiger partial charge in [-0.3, -0.25) is 10.1 Å². The SMILES string of the molecule is CN=C(NCC(C)c1cccs1)N1CCC(c2ncn[nH]2)CC1.I. The molecule has 6 nitrogen and oxygen atoms in total. The van der Waals surface area contributed by atoms with E-state index in [0.29, 0.717) is 11.8 Å². The number of thiophene rings is 1. The van der Waals surface area contributed by atoms with Crippen molar-refractivity contribution in [1.29, 1.82) is 0 Å². The second kappa shape index (κ2) is 9.36. The molecule has 1 atom stereocenters. The highest BCUT2D eigenvalue weighted by Crippen LogP contribution is 2.25. The number of halogens is 1. The normalized spacial score (nSPS) is 17.4. The van der Waals surface area contributed by atoms with Crippen LogP contribution < -0.4 is 5.32 Å². The molecule has 1 aliphatic rings. The van der Waals surface area contributed by atoms with Gasteiger partial charge in [-0.15, -0.1) is 35.3 Å². The largest absolute Gasteiger partial charge is 0.356 e. The Bertz CT molecular complexity index is 605. The lowest BCUT2D eigenvalue weighted by molar-refractivity contribution is 0.298. The van der Waals surface area contributed by atoms with Crippen LogP contribution in [0, 0.1) is 0 Å². The number of rotatable bonds is 4. The Labute approximate surface area is 164 Å². The van der Waals surface area contributed by atoms with Crippen molar-refractivity contribution in [2.24, 2.45) is 4.99 Å². The van der Waals surface area contributed by atoms with Gasteiger partial charge in [0.2, 0.25) is 0 Å². The molecule has 2 aromatic heterocycles. The van der Waals surface area contributed by atoms with Crippen LogP contribution in [-0.2, 0) is 0 Å². The molecule has 0 radical (unpaired) electrons. The Morgan fingerprint density at radius 3 is 2.88 bits per heavy atom. The van der Waals surface area contributed by atoms with Crippen LogP contribution in [0.2, 0.25) is 0 Å². The Morgan fingerprint density at radius 2 is 2.29 bits per heavy atom. The first-order chi connectivity index (χ1) is 11.3. The van der Waals surface area contributed by atoms with Crippen LogP contribution in [0.3, 0.4) is 0 Å². The molecule has 1 saturated heterocycles. The summed E-state index contributed by atoms with van der Waals surface area (Å²) in [5.74, 6) is 3.00. The summed E-state index contributed by atoms with van der Waals surface area (Å²) in [5, 5.41) is 12.6. The van der Waals surface area contributed by atoms with E-state index in [1.54, 1.807) is 6.33 Å². The van der Waals surface area contributed by atoms with Gasteiger partial charge in [0.1, 0.15) is 12.2 Å². The molecule has 0 aromatic carbocycles. The number of nitrogens with one attached hydrogen (secondary N) is 2. The van der Waals surface area contributed by atoms with Crippen molar-refractivity contribution >= 4 is 41.3 Å². The summed E-state index contributed by atoms with van der Waals surface area (Å²) in [6.45, 7) is 5.16. The smallest absolute Gasteiger partial charge is 0.193 e. The number of hydrogen-bond donors (Lipinski definition) is 2. The van der Waals surface area contributed by atoms with Crippen molar-refractivity contribution in [1.82, 2.24) is 25.4 Å². The Kier molecular flexibility index (Phi) is 7.47. The third-order valence-corrected chi connectivity index (χ3v) is 5.53. The molecule has 24 heavy (non-hydrogen) atoms. The lowest BCUT2D eigenvalue weighted by atomic mass is 9.96. The summed E-state index contributed by atoms with van der Waals surface area (Å²) in [4.78, 5) is 12.5. The van der Waals surface area contributed by atoms with Gasteiger partial charge in [0.15, 0.2) is 5.96 Å². The minimum atomic E-state index is 0. The van der Waals surface area contributed by atoms with E-state index < -0.39 is 0 Å². The van der Waals surface area contributed by atoms with Gasteiger partial charge in [-0.1, -0.05) is 13.0 Å². The van der Waals surface area contributed by atoms with Gasteiger partial charge < -0.3 is 10.2 Å². The minimum absolute atomic E-state index is 0. The first kappa shape index (κ1) is 19.2. The van der Waals surface area contributed by atoms with Crippen molar-refractivity contribution in [3.05, 3.63) is 34.5 Å². The topological polar surface area (TPSA) is 69.2 Å². The molecule has 1 fully saturated rings. The standard InChI is InChI=1S/C16H24N6S.HI/c1-12(14-4-3-9-23-14)10-18-16(17-2)22-7-5-13(6-8-22)15-19-11-20-21-15;/h3-4,9,11-13H,5-8,10H2,1-2H3,(H,17,18)(H,19,20,21);1H. The van der Waals surface area contributed by atoms with Crippen molar-refractivity contribution in [3.8, 4) is 0 Å². The van der Waals surface area contributed by atoms with Crippen molar-refractivity contribution in [2.45, 2.75) is 31.6 Å². The number of nitrogens with zero attached hydrogens (tertiary/aromatic N) is 4. The molecule has 132 valence electrons. The molecule has 8 heteroatoms. The number of likely N-dealkylation sites (tertiary alicyclic amines) is 1. The molecule has 3 heterocycles. The molecule has 3 rings (SSSR count). The third-order valence-electron chi connectivity index (χ3n) is 4.42. The van der Waals surface area contributed by atoms with E-state index in [1.807, 2.05) is 18.4 Å². The van der Waals surface area contributed by atoms with Crippen LogP contribution in [-0.4, -0.2) is 52.7 Å². The van der Waals surface area contributed by atoms with Crippen LogP contribution >= 0.6 is 35.3 Å². The van der Waals surface area contributed by atoms with Crippen LogP contribution in [0.15, 0.2) is 28.8 Å². The maximum absolute atomic E-state index is 4.45. The lowest BCUT2D eigenvalue weighted by Gasteiger charge is -2.33. The maximum Gasteiger partial charge on any atom is 0.193 e. The minimum Gasteiger partial charge on any atom is -0.356 e. The highest BCUT2D eigenvalue weighted by Gasteiger charge is 2.24. The second-order valence-corrected chi connectivity index (χ2v) is 6.96. The zero-order valence-corrected chi connectivity index (χ0v) is 17.3. The number of H-pyrrole nitrogens is 1. The van der Waals surface area contributed by atoms with Gasteiger partial charge in [-0.05, 0) is 24.3 Å². The average molecular weight is 460 g/mol. The van der Waals surface area contributed by atoms with E-state index in [-0.39, 0.29) is 24.0 Å². The fraction of sp³-hybridized carbons (Fsp3) is 0.562.